The molecule has 3 aliphatic rings. The number of carbonyl (C=O) groups is 1. The van der Waals surface area contributed by atoms with Gasteiger partial charge in [0.15, 0.2) is 0 Å². The highest BCUT2D eigenvalue weighted by Crippen LogP contribution is 2.39. The van der Waals surface area contributed by atoms with Crippen molar-refractivity contribution in [2.75, 3.05) is 13.1 Å². The molecule has 2 N–H and O–H groups in total. The lowest BCUT2D eigenvalue weighted by atomic mass is 9.79. The van der Waals surface area contributed by atoms with Gasteiger partial charge in [0.2, 0.25) is 5.91 Å². The zero-order valence-electron chi connectivity index (χ0n) is 11.5. The van der Waals surface area contributed by atoms with E-state index in [0.29, 0.717) is 11.8 Å². The first-order chi connectivity index (χ1) is 8.65. The minimum atomic E-state index is 0.218. The normalized spacial score (nSPS) is 44.1. The fourth-order valence-corrected chi connectivity index (χ4v) is 4.25. The van der Waals surface area contributed by atoms with Gasteiger partial charge < -0.3 is 10.6 Å². The van der Waals surface area contributed by atoms with Gasteiger partial charge in [0.25, 0.3) is 0 Å². The lowest BCUT2D eigenvalue weighted by molar-refractivity contribution is -0.136. The van der Waals surface area contributed by atoms with Crippen LogP contribution in [0.3, 0.4) is 0 Å². The van der Waals surface area contributed by atoms with Crippen LogP contribution in [0, 0.1) is 23.7 Å². The predicted octanol–water partition coefficient (Wildman–Crippen LogP) is 2.01. The smallest absolute Gasteiger partial charge is 0.225 e. The van der Waals surface area contributed by atoms with E-state index < -0.39 is 0 Å². The molecule has 102 valence electrons. The molecule has 2 saturated carbocycles. The van der Waals surface area contributed by atoms with Gasteiger partial charge >= 0.3 is 0 Å². The summed E-state index contributed by atoms with van der Waals surface area (Å²) in [5.74, 6) is 2.84. The van der Waals surface area contributed by atoms with Crippen molar-refractivity contribution in [3.63, 3.8) is 0 Å². The van der Waals surface area contributed by atoms with E-state index in [1.54, 1.807) is 0 Å². The van der Waals surface area contributed by atoms with Crippen LogP contribution >= 0.6 is 0 Å². The third kappa shape index (κ3) is 2.18. The van der Waals surface area contributed by atoms with Crippen LogP contribution in [0.5, 0.6) is 0 Å². The summed E-state index contributed by atoms with van der Waals surface area (Å²) in [5.41, 5.74) is 6.13. The Labute approximate surface area is 110 Å². The third-order valence-electron chi connectivity index (χ3n) is 5.65. The Hall–Kier alpha value is -0.570. The van der Waals surface area contributed by atoms with Gasteiger partial charge in [0.1, 0.15) is 0 Å². The molecule has 2 aliphatic carbocycles. The number of hydrogen-bond acceptors (Lipinski definition) is 2. The van der Waals surface area contributed by atoms with Crippen molar-refractivity contribution in [1.82, 2.24) is 4.90 Å². The lowest BCUT2D eigenvalue weighted by Gasteiger charge is -2.33. The molecule has 0 aromatic carbocycles. The first-order valence-corrected chi connectivity index (χ1v) is 7.69. The zero-order valence-corrected chi connectivity index (χ0v) is 11.5. The highest BCUT2D eigenvalue weighted by molar-refractivity contribution is 5.79. The van der Waals surface area contributed by atoms with E-state index in [-0.39, 0.29) is 12.0 Å². The van der Waals surface area contributed by atoms with Crippen molar-refractivity contribution in [2.24, 2.45) is 29.4 Å². The zero-order chi connectivity index (χ0) is 12.7. The largest absolute Gasteiger partial charge is 0.342 e. The molecule has 0 radical (unpaired) electrons. The molecule has 3 fully saturated rings. The molecule has 0 bridgehead atoms. The Balaban J connectivity index is 1.58. The first-order valence-electron chi connectivity index (χ1n) is 7.69. The first kappa shape index (κ1) is 12.5. The number of hydrogen-bond donors (Lipinski definition) is 1. The molecular weight excluding hydrogens is 224 g/mol. The Morgan fingerprint density at radius 2 is 1.78 bits per heavy atom. The molecule has 0 spiro atoms. The Morgan fingerprint density at radius 1 is 1.11 bits per heavy atom. The van der Waals surface area contributed by atoms with Crippen LogP contribution in [0.2, 0.25) is 0 Å². The van der Waals surface area contributed by atoms with Crippen LogP contribution in [0.1, 0.15) is 45.4 Å². The molecule has 3 nitrogen and oxygen atoms in total. The maximum atomic E-state index is 12.6. The van der Waals surface area contributed by atoms with Crippen LogP contribution in [0.15, 0.2) is 0 Å². The van der Waals surface area contributed by atoms with E-state index in [1.165, 1.54) is 19.3 Å². The van der Waals surface area contributed by atoms with Crippen LogP contribution in [-0.2, 0) is 4.79 Å². The number of fused-ring (bicyclic) bond motifs is 1. The number of nitrogens with zero attached hydrogens (tertiary/aromatic N) is 1. The van der Waals surface area contributed by atoms with Gasteiger partial charge in [-0.2, -0.15) is 0 Å². The molecule has 1 heterocycles. The second kappa shape index (κ2) is 4.84. The number of carbonyl (C=O) groups excluding carboxylic acids is 1. The molecule has 3 rings (SSSR count). The molecule has 1 amide bonds. The summed E-state index contributed by atoms with van der Waals surface area (Å²) < 4.78 is 0. The van der Waals surface area contributed by atoms with Crippen LogP contribution in [0.4, 0.5) is 0 Å². The van der Waals surface area contributed by atoms with Crippen molar-refractivity contribution in [2.45, 2.75) is 51.5 Å². The van der Waals surface area contributed by atoms with E-state index in [2.05, 4.69) is 11.8 Å². The van der Waals surface area contributed by atoms with Gasteiger partial charge in [-0.25, -0.2) is 0 Å². The minimum absolute atomic E-state index is 0.218. The quantitative estimate of drug-likeness (QED) is 0.774. The van der Waals surface area contributed by atoms with Gasteiger partial charge in [-0.15, -0.1) is 0 Å². The monoisotopic (exact) mass is 250 g/mol. The highest BCUT2D eigenvalue weighted by Gasteiger charge is 2.40. The summed E-state index contributed by atoms with van der Waals surface area (Å²) in [6, 6.07) is 0.231. The molecule has 5 atom stereocenters. The molecule has 3 heteroatoms. The summed E-state index contributed by atoms with van der Waals surface area (Å²) >= 11 is 0. The summed E-state index contributed by atoms with van der Waals surface area (Å²) in [6.45, 7) is 4.28. The van der Waals surface area contributed by atoms with E-state index >= 15 is 0 Å². The highest BCUT2D eigenvalue weighted by atomic mass is 16.2. The van der Waals surface area contributed by atoms with Gasteiger partial charge in [-0.3, -0.25) is 4.79 Å². The molecule has 1 saturated heterocycles. The fraction of sp³-hybridized carbons (Fsp3) is 0.933. The molecule has 1 aliphatic heterocycles. The third-order valence-corrected chi connectivity index (χ3v) is 5.65. The summed E-state index contributed by atoms with van der Waals surface area (Å²) in [5, 5.41) is 0. The molecule has 18 heavy (non-hydrogen) atoms. The Morgan fingerprint density at radius 3 is 2.39 bits per heavy atom. The topological polar surface area (TPSA) is 46.3 Å². The second-order valence-electron chi connectivity index (χ2n) is 6.85. The average molecular weight is 250 g/mol. The second-order valence-corrected chi connectivity index (χ2v) is 6.85. The van der Waals surface area contributed by atoms with E-state index in [4.69, 9.17) is 5.73 Å². The summed E-state index contributed by atoms with van der Waals surface area (Å²) in [7, 11) is 0. The van der Waals surface area contributed by atoms with Crippen molar-refractivity contribution in [3.8, 4) is 0 Å². The maximum absolute atomic E-state index is 12.6. The standard InChI is InChI=1S/C15H26N2O/c1-10-5-6-11(7-14(10)16)15(18)17-8-12-3-2-4-13(12)9-17/h10-14H,2-9,16H2,1H3. The number of nitrogens with two attached hydrogens (primary N) is 1. The van der Waals surface area contributed by atoms with E-state index in [9.17, 15) is 4.79 Å². The Kier molecular flexibility index (Phi) is 3.35. The maximum Gasteiger partial charge on any atom is 0.225 e. The number of amides is 1. The van der Waals surface area contributed by atoms with Gasteiger partial charge in [0.05, 0.1) is 0 Å². The van der Waals surface area contributed by atoms with Crippen molar-refractivity contribution in [3.05, 3.63) is 0 Å². The molecule has 0 aromatic heterocycles. The van der Waals surface area contributed by atoms with Crippen LogP contribution < -0.4 is 5.73 Å². The molecule has 5 unspecified atom stereocenters. The number of likely N-dealkylation sites (tertiary alicyclic amines) is 1. The summed E-state index contributed by atoms with van der Waals surface area (Å²) in [4.78, 5) is 14.7. The van der Waals surface area contributed by atoms with E-state index in [1.807, 2.05) is 0 Å². The molecular formula is C15H26N2O. The van der Waals surface area contributed by atoms with Crippen molar-refractivity contribution >= 4 is 5.91 Å². The van der Waals surface area contributed by atoms with Crippen molar-refractivity contribution < 1.29 is 4.79 Å². The van der Waals surface area contributed by atoms with E-state index in [0.717, 1.165) is 44.2 Å². The predicted molar refractivity (Wildman–Crippen MR) is 71.9 cm³/mol. The van der Waals surface area contributed by atoms with Crippen LogP contribution in [-0.4, -0.2) is 29.9 Å². The SMILES string of the molecule is CC1CCC(C(=O)N2CC3CCCC3C2)CC1N. The van der Waals surface area contributed by atoms with Gasteiger partial charge in [-0.05, 0) is 49.9 Å². The summed E-state index contributed by atoms with van der Waals surface area (Å²) in [6.07, 6.45) is 7.15. The van der Waals surface area contributed by atoms with Crippen molar-refractivity contribution in [1.29, 1.82) is 0 Å². The Bertz CT molecular complexity index is 312. The number of rotatable bonds is 1. The lowest BCUT2D eigenvalue weighted by Crippen LogP contribution is -2.42. The minimum Gasteiger partial charge on any atom is -0.342 e. The van der Waals surface area contributed by atoms with Crippen LogP contribution in [0.25, 0.3) is 0 Å². The van der Waals surface area contributed by atoms with Gasteiger partial charge in [-0.1, -0.05) is 13.3 Å². The van der Waals surface area contributed by atoms with Gasteiger partial charge in [0, 0.05) is 25.0 Å². The fourth-order valence-electron chi connectivity index (χ4n) is 4.25. The average Bonchev–Trinajstić information content (AvgIpc) is 2.92. The molecule has 0 aromatic rings.